The number of esters is 1. The van der Waals surface area contributed by atoms with Crippen molar-refractivity contribution < 1.29 is 19.1 Å². The van der Waals surface area contributed by atoms with Gasteiger partial charge in [0.1, 0.15) is 0 Å². The average molecular weight is 478 g/mol. The summed E-state index contributed by atoms with van der Waals surface area (Å²) in [6, 6.07) is 16.0. The minimum atomic E-state index is -0.674. The molecule has 1 aliphatic rings. The Morgan fingerprint density at radius 1 is 1.09 bits per heavy atom. The lowest BCUT2D eigenvalue weighted by Gasteiger charge is -2.35. The maximum atomic E-state index is 13.1. The topological polar surface area (TPSA) is 87.7 Å². The zero-order chi connectivity index (χ0) is 25.4. The highest BCUT2D eigenvalue weighted by Gasteiger charge is 2.36. The summed E-state index contributed by atoms with van der Waals surface area (Å²) in [6.45, 7) is 8.33. The number of carbonyl (C=O) groups is 3. The van der Waals surface area contributed by atoms with Crippen molar-refractivity contribution in [1.29, 1.82) is 0 Å². The van der Waals surface area contributed by atoms with Gasteiger partial charge in [0.05, 0.1) is 24.1 Å². The first-order valence-corrected chi connectivity index (χ1v) is 12.3. The lowest BCUT2D eigenvalue weighted by Crippen LogP contribution is -2.48. The monoisotopic (exact) mass is 477 g/mol. The molecule has 3 rings (SSSR count). The molecule has 0 bridgehead atoms. The van der Waals surface area contributed by atoms with Gasteiger partial charge >= 0.3 is 12.0 Å². The number of nitrogens with one attached hydrogen (secondary N) is 2. The van der Waals surface area contributed by atoms with Crippen molar-refractivity contribution >= 4 is 23.6 Å². The van der Waals surface area contributed by atoms with Crippen LogP contribution in [0, 0.1) is 0 Å². The molecule has 0 saturated carbocycles. The maximum Gasteiger partial charge on any atom is 0.338 e. The molecule has 7 heteroatoms. The molecule has 2 aromatic rings. The van der Waals surface area contributed by atoms with E-state index < -0.39 is 12.0 Å². The maximum absolute atomic E-state index is 13.1. The van der Waals surface area contributed by atoms with Gasteiger partial charge < -0.3 is 15.4 Å². The van der Waals surface area contributed by atoms with Crippen molar-refractivity contribution in [3.05, 3.63) is 77.0 Å². The third kappa shape index (κ3) is 6.10. The van der Waals surface area contributed by atoms with Crippen molar-refractivity contribution in [3.8, 4) is 0 Å². The zero-order valence-corrected chi connectivity index (χ0v) is 21.0. The molecule has 35 heavy (non-hydrogen) atoms. The van der Waals surface area contributed by atoms with E-state index in [1.54, 1.807) is 30.9 Å². The fourth-order valence-corrected chi connectivity index (χ4v) is 4.37. The van der Waals surface area contributed by atoms with Gasteiger partial charge in [0, 0.05) is 17.9 Å². The molecule has 2 N–H and O–H groups in total. The number of hydrogen-bond donors (Lipinski definition) is 2. The van der Waals surface area contributed by atoms with Crippen molar-refractivity contribution in [2.45, 2.75) is 58.9 Å². The molecule has 0 aliphatic carbocycles. The third-order valence-electron chi connectivity index (χ3n) is 6.24. The molecule has 1 aliphatic heterocycles. The number of benzene rings is 2. The molecular formula is C28H35N3O4. The number of allylic oxidation sites excluding steroid dienone is 1. The van der Waals surface area contributed by atoms with Crippen LogP contribution in [0.4, 0.5) is 10.5 Å². The van der Waals surface area contributed by atoms with Crippen LogP contribution in [0.2, 0.25) is 0 Å². The number of urea groups is 1. The highest BCUT2D eigenvalue weighted by molar-refractivity contribution is 5.97. The zero-order valence-electron chi connectivity index (χ0n) is 21.0. The molecule has 0 radical (unpaired) electrons. The Morgan fingerprint density at radius 3 is 2.49 bits per heavy atom. The molecule has 2 unspecified atom stereocenters. The van der Waals surface area contributed by atoms with Crippen LogP contribution in [0.1, 0.15) is 70.0 Å². The summed E-state index contributed by atoms with van der Waals surface area (Å²) in [5.74, 6) is -0.841. The number of amides is 3. The number of carbonyl (C=O) groups excluding carboxylic acids is 3. The first kappa shape index (κ1) is 26.0. The van der Waals surface area contributed by atoms with Crippen LogP contribution in [0.5, 0.6) is 0 Å². The molecule has 7 nitrogen and oxygen atoms in total. The Bertz CT molecular complexity index is 1080. The number of nitrogens with zero attached hydrogens (tertiary/aromatic N) is 1. The highest BCUT2D eigenvalue weighted by atomic mass is 16.5. The van der Waals surface area contributed by atoms with Gasteiger partial charge in [0.15, 0.2) is 0 Å². The Morgan fingerprint density at radius 2 is 1.83 bits per heavy atom. The molecule has 186 valence electrons. The Hall–Kier alpha value is -3.61. The lowest BCUT2D eigenvalue weighted by atomic mass is 9.93. The van der Waals surface area contributed by atoms with E-state index >= 15 is 0 Å². The van der Waals surface area contributed by atoms with Gasteiger partial charge in [-0.2, -0.15) is 0 Å². The Kier molecular flexibility index (Phi) is 9.06. The number of unbranched alkanes of at least 4 members (excludes halogenated alkanes) is 1. The van der Waals surface area contributed by atoms with Crippen LogP contribution in [0.3, 0.4) is 0 Å². The van der Waals surface area contributed by atoms with Gasteiger partial charge in [-0.05, 0) is 49.9 Å². The average Bonchev–Trinajstić information content (AvgIpc) is 2.85. The summed E-state index contributed by atoms with van der Waals surface area (Å²) >= 11 is 0. The summed E-state index contributed by atoms with van der Waals surface area (Å²) in [5, 5.41) is 5.97. The fourth-order valence-electron chi connectivity index (χ4n) is 4.37. The van der Waals surface area contributed by atoms with Gasteiger partial charge in [-0.15, -0.1) is 0 Å². The van der Waals surface area contributed by atoms with Crippen molar-refractivity contribution in [2.24, 2.45) is 0 Å². The summed E-state index contributed by atoms with van der Waals surface area (Å²) in [5.41, 5.74) is 3.25. The normalized spacial score (nSPS) is 16.5. The molecular weight excluding hydrogens is 442 g/mol. The van der Waals surface area contributed by atoms with Gasteiger partial charge in [0.2, 0.25) is 5.91 Å². The predicted molar refractivity (Wildman–Crippen MR) is 137 cm³/mol. The number of hydrogen-bond acceptors (Lipinski definition) is 4. The van der Waals surface area contributed by atoms with Crippen LogP contribution < -0.4 is 10.6 Å². The SMILES string of the molecule is CCCCN1C(=O)NC(c2cccc(NC(=O)C(CC)c3ccccc3)c2)C(C(=O)OCC)=C1C. The standard InChI is InChI=1S/C28H35N3O4/c1-5-8-17-31-19(4)24(27(33)35-7-3)25(30-28(31)34)21-15-12-16-22(18-21)29-26(32)23(6-2)20-13-10-9-11-14-20/h9-16,18,23,25H,5-8,17H2,1-4H3,(H,29,32)(H,30,34). The van der Waals surface area contributed by atoms with E-state index in [4.69, 9.17) is 4.74 Å². The van der Waals surface area contributed by atoms with Crippen molar-refractivity contribution in [3.63, 3.8) is 0 Å². The van der Waals surface area contributed by atoms with Gasteiger partial charge in [-0.1, -0.05) is 62.7 Å². The fraction of sp³-hybridized carbons (Fsp3) is 0.393. The molecule has 2 aromatic carbocycles. The second kappa shape index (κ2) is 12.2. The minimum absolute atomic E-state index is 0.105. The second-order valence-electron chi connectivity index (χ2n) is 8.59. The van der Waals surface area contributed by atoms with Crippen LogP contribution in [0.15, 0.2) is 65.9 Å². The van der Waals surface area contributed by atoms with Crippen LogP contribution >= 0.6 is 0 Å². The molecule has 0 fully saturated rings. The predicted octanol–water partition coefficient (Wildman–Crippen LogP) is 5.52. The molecule has 2 atom stereocenters. The van der Waals surface area contributed by atoms with Crippen LogP contribution in [0.25, 0.3) is 0 Å². The lowest BCUT2D eigenvalue weighted by molar-refractivity contribution is -0.139. The summed E-state index contributed by atoms with van der Waals surface area (Å²) in [7, 11) is 0. The quantitative estimate of drug-likeness (QED) is 0.441. The van der Waals surface area contributed by atoms with Gasteiger partial charge in [0.25, 0.3) is 0 Å². The van der Waals surface area contributed by atoms with Crippen LogP contribution in [-0.4, -0.2) is 36.0 Å². The van der Waals surface area contributed by atoms with E-state index in [-0.39, 0.29) is 24.5 Å². The molecule has 1 heterocycles. The minimum Gasteiger partial charge on any atom is -0.463 e. The van der Waals surface area contributed by atoms with Gasteiger partial charge in [-0.25, -0.2) is 9.59 Å². The first-order chi connectivity index (χ1) is 16.9. The number of rotatable bonds is 10. The molecule has 3 amide bonds. The highest BCUT2D eigenvalue weighted by Crippen LogP contribution is 2.33. The number of ether oxygens (including phenoxy) is 1. The van der Waals surface area contributed by atoms with E-state index in [1.165, 1.54) is 0 Å². The summed E-state index contributed by atoms with van der Waals surface area (Å²) < 4.78 is 5.34. The van der Waals surface area contributed by atoms with E-state index in [9.17, 15) is 14.4 Å². The summed E-state index contributed by atoms with van der Waals surface area (Å²) in [4.78, 5) is 40.5. The molecule has 0 saturated heterocycles. The van der Waals surface area contributed by atoms with E-state index in [1.807, 2.05) is 49.4 Å². The second-order valence-corrected chi connectivity index (χ2v) is 8.59. The van der Waals surface area contributed by atoms with Crippen molar-refractivity contribution in [2.75, 3.05) is 18.5 Å². The third-order valence-corrected chi connectivity index (χ3v) is 6.24. The van der Waals surface area contributed by atoms with Crippen molar-refractivity contribution in [1.82, 2.24) is 10.2 Å². The summed E-state index contributed by atoms with van der Waals surface area (Å²) in [6.07, 6.45) is 2.42. The first-order valence-electron chi connectivity index (χ1n) is 12.3. The molecule has 0 aromatic heterocycles. The van der Waals surface area contributed by atoms with E-state index in [2.05, 4.69) is 17.6 Å². The van der Waals surface area contributed by atoms with Crippen LogP contribution in [-0.2, 0) is 14.3 Å². The smallest absolute Gasteiger partial charge is 0.338 e. The van der Waals surface area contributed by atoms with E-state index in [0.717, 1.165) is 18.4 Å². The van der Waals surface area contributed by atoms with Gasteiger partial charge in [-0.3, -0.25) is 9.69 Å². The Labute approximate surface area is 207 Å². The van der Waals surface area contributed by atoms with E-state index in [0.29, 0.717) is 35.5 Å². The number of anilines is 1. The molecule has 0 spiro atoms. The largest absolute Gasteiger partial charge is 0.463 e. The Balaban J connectivity index is 1.91.